The second-order valence-electron chi connectivity index (χ2n) is 10.1. The van der Waals surface area contributed by atoms with Crippen molar-refractivity contribution in [1.82, 2.24) is 0 Å². The maximum absolute atomic E-state index is 13.9. The quantitative estimate of drug-likeness (QED) is 0.325. The van der Waals surface area contributed by atoms with E-state index in [0.29, 0.717) is 48.3 Å². The van der Waals surface area contributed by atoms with Gasteiger partial charge in [0.25, 0.3) is 12.9 Å². The van der Waals surface area contributed by atoms with Gasteiger partial charge in [-0.1, -0.05) is 30.4 Å². The molecule has 6 rings (SSSR count). The Labute approximate surface area is 216 Å². The van der Waals surface area contributed by atoms with Crippen LogP contribution in [0, 0.1) is 29.5 Å². The molecule has 0 heterocycles. The molecule has 0 aliphatic heterocycles. The van der Waals surface area contributed by atoms with E-state index in [0.717, 1.165) is 41.9 Å². The van der Waals surface area contributed by atoms with Gasteiger partial charge in [-0.3, -0.25) is 9.59 Å². The number of halogens is 1. The number of hydrogen-bond donors (Lipinski definition) is 0. The molecule has 6 atom stereocenters. The van der Waals surface area contributed by atoms with E-state index >= 15 is 0 Å². The second-order valence-corrected chi connectivity index (χ2v) is 10.1. The van der Waals surface area contributed by atoms with Gasteiger partial charge in [-0.2, -0.15) is 0 Å². The first kappa shape index (κ1) is 25.1. The smallest absolute Gasteiger partial charge is 0.298 e. The fourth-order valence-corrected chi connectivity index (χ4v) is 6.59. The molecule has 0 spiro atoms. The SMILES string of the molecule is COc1cc(OC=O)cc(OC)c1C1CC2C=CC1C2.O=COc1ccc(C2CC3C=CC2C3)c(F)c1. The Kier molecular flexibility index (Phi) is 7.31. The summed E-state index contributed by atoms with van der Waals surface area (Å²) in [5, 5.41) is 0. The van der Waals surface area contributed by atoms with Crippen LogP contribution in [0.1, 0.15) is 48.6 Å². The summed E-state index contributed by atoms with van der Waals surface area (Å²) in [5.74, 6) is 4.93. The van der Waals surface area contributed by atoms with E-state index in [9.17, 15) is 14.0 Å². The molecule has 2 aromatic carbocycles. The number of fused-ring (bicyclic) bond motifs is 4. The Morgan fingerprint density at radius 3 is 1.76 bits per heavy atom. The number of benzene rings is 2. The average Bonchev–Trinajstić information content (AvgIpc) is 3.72. The Morgan fingerprint density at radius 2 is 1.30 bits per heavy atom. The third kappa shape index (κ3) is 4.99. The first-order chi connectivity index (χ1) is 18.0. The highest BCUT2D eigenvalue weighted by Gasteiger charge is 2.40. The van der Waals surface area contributed by atoms with Crippen LogP contribution < -0.4 is 18.9 Å². The van der Waals surface area contributed by atoms with E-state index in [-0.39, 0.29) is 17.5 Å². The fraction of sp³-hybridized carbons (Fsp3) is 0.400. The zero-order valence-electron chi connectivity index (χ0n) is 21.0. The summed E-state index contributed by atoms with van der Waals surface area (Å²) >= 11 is 0. The molecule has 4 aliphatic rings. The molecule has 0 radical (unpaired) electrons. The molecule has 2 aromatic rings. The summed E-state index contributed by atoms with van der Waals surface area (Å²) in [7, 11) is 3.26. The van der Waals surface area contributed by atoms with E-state index in [2.05, 4.69) is 29.0 Å². The van der Waals surface area contributed by atoms with Crippen LogP contribution in [0.4, 0.5) is 4.39 Å². The lowest BCUT2D eigenvalue weighted by Gasteiger charge is -2.23. The summed E-state index contributed by atoms with van der Waals surface area (Å²) in [4.78, 5) is 20.7. The minimum Gasteiger partial charge on any atom is -0.496 e. The molecule has 2 fully saturated rings. The van der Waals surface area contributed by atoms with Crippen molar-refractivity contribution in [3.8, 4) is 23.0 Å². The summed E-state index contributed by atoms with van der Waals surface area (Å²) in [6.45, 7) is 0.725. The third-order valence-electron chi connectivity index (χ3n) is 8.19. The van der Waals surface area contributed by atoms with Crippen molar-refractivity contribution in [1.29, 1.82) is 0 Å². The minimum absolute atomic E-state index is 0.264. The van der Waals surface area contributed by atoms with Gasteiger partial charge in [-0.15, -0.1) is 0 Å². The van der Waals surface area contributed by atoms with Crippen molar-refractivity contribution in [2.24, 2.45) is 23.7 Å². The highest BCUT2D eigenvalue weighted by Crippen LogP contribution is 2.54. The molecule has 4 bridgehead atoms. The van der Waals surface area contributed by atoms with Crippen LogP contribution in [0.3, 0.4) is 0 Å². The first-order valence-electron chi connectivity index (χ1n) is 12.7. The van der Waals surface area contributed by atoms with Crippen LogP contribution in [0.2, 0.25) is 0 Å². The normalized spacial score (nSPS) is 28.0. The lowest BCUT2D eigenvalue weighted by atomic mass is 9.85. The number of carbonyl (C=O) groups is 2. The van der Waals surface area contributed by atoms with E-state index in [1.54, 1.807) is 38.5 Å². The Morgan fingerprint density at radius 1 is 0.730 bits per heavy atom. The number of hydrogen-bond acceptors (Lipinski definition) is 6. The van der Waals surface area contributed by atoms with Crippen LogP contribution in [-0.4, -0.2) is 27.2 Å². The third-order valence-corrected chi connectivity index (χ3v) is 8.19. The van der Waals surface area contributed by atoms with E-state index in [1.807, 2.05) is 0 Å². The highest BCUT2D eigenvalue weighted by molar-refractivity contribution is 5.56. The fourth-order valence-electron chi connectivity index (χ4n) is 6.59. The standard InChI is InChI=1S/C16H18O4.C14H13FO2/c1-18-14-7-12(20-9-17)8-15(19-2)16(14)13-6-10-3-4-11(13)5-10;15-14-7-11(17-8-16)3-4-12(14)13-6-9-1-2-10(13)5-9/h3-4,7-11,13H,5-6H2,1-2H3;1-4,7-10,13H,5-6H2. The summed E-state index contributed by atoms with van der Waals surface area (Å²) < 4.78 is 34.5. The molecule has 194 valence electrons. The molecule has 0 aromatic heterocycles. The van der Waals surface area contributed by atoms with Crippen molar-refractivity contribution in [3.63, 3.8) is 0 Å². The van der Waals surface area contributed by atoms with Crippen LogP contribution >= 0.6 is 0 Å². The van der Waals surface area contributed by atoms with Crippen LogP contribution in [0.15, 0.2) is 54.6 Å². The molecule has 4 aliphatic carbocycles. The molecular formula is C30H31FO6. The van der Waals surface area contributed by atoms with Gasteiger partial charge in [0.05, 0.1) is 14.2 Å². The highest BCUT2D eigenvalue weighted by atomic mass is 19.1. The molecular weight excluding hydrogens is 475 g/mol. The Hall–Kier alpha value is -3.61. The molecule has 6 unspecified atom stereocenters. The van der Waals surface area contributed by atoms with Crippen molar-refractivity contribution >= 4 is 12.9 Å². The molecule has 0 saturated heterocycles. The monoisotopic (exact) mass is 506 g/mol. The van der Waals surface area contributed by atoms with E-state index in [4.69, 9.17) is 14.2 Å². The summed E-state index contributed by atoms with van der Waals surface area (Å²) in [6, 6.07) is 8.19. The molecule has 37 heavy (non-hydrogen) atoms. The molecule has 0 N–H and O–H groups in total. The number of rotatable bonds is 8. The Bertz CT molecular complexity index is 1200. The largest absolute Gasteiger partial charge is 0.496 e. The number of ether oxygens (including phenoxy) is 4. The van der Waals surface area contributed by atoms with Crippen molar-refractivity contribution < 1.29 is 32.9 Å². The maximum Gasteiger partial charge on any atom is 0.298 e. The maximum atomic E-state index is 13.9. The van der Waals surface area contributed by atoms with Crippen molar-refractivity contribution in [3.05, 3.63) is 71.6 Å². The van der Waals surface area contributed by atoms with Gasteiger partial charge in [0.2, 0.25) is 0 Å². The van der Waals surface area contributed by atoms with Crippen LogP contribution in [0.25, 0.3) is 0 Å². The van der Waals surface area contributed by atoms with Gasteiger partial charge in [-0.25, -0.2) is 4.39 Å². The van der Waals surface area contributed by atoms with Gasteiger partial charge >= 0.3 is 0 Å². The molecule has 0 amide bonds. The minimum atomic E-state index is -0.268. The average molecular weight is 507 g/mol. The number of methoxy groups -OCH3 is 2. The molecule has 6 nitrogen and oxygen atoms in total. The topological polar surface area (TPSA) is 71.1 Å². The summed E-state index contributed by atoms with van der Waals surface area (Å²) in [6.07, 6.45) is 13.6. The molecule has 2 saturated carbocycles. The van der Waals surface area contributed by atoms with Gasteiger partial charge in [0.15, 0.2) is 0 Å². The first-order valence-corrected chi connectivity index (χ1v) is 12.7. The van der Waals surface area contributed by atoms with E-state index in [1.165, 1.54) is 12.5 Å². The predicted octanol–water partition coefficient (Wildman–Crippen LogP) is 5.96. The zero-order valence-corrected chi connectivity index (χ0v) is 21.0. The predicted molar refractivity (Wildman–Crippen MR) is 136 cm³/mol. The van der Waals surface area contributed by atoms with Gasteiger partial charge in [0, 0.05) is 23.8 Å². The Balaban J connectivity index is 0.000000153. The van der Waals surface area contributed by atoms with Crippen LogP contribution in [0.5, 0.6) is 23.0 Å². The second kappa shape index (κ2) is 10.8. The lowest BCUT2D eigenvalue weighted by Crippen LogP contribution is -2.09. The van der Waals surface area contributed by atoms with Crippen molar-refractivity contribution in [2.45, 2.75) is 37.5 Å². The molecule has 7 heteroatoms. The number of carbonyl (C=O) groups excluding carboxylic acids is 2. The van der Waals surface area contributed by atoms with E-state index < -0.39 is 0 Å². The van der Waals surface area contributed by atoms with Gasteiger partial charge in [-0.05, 0) is 72.8 Å². The zero-order chi connectivity index (χ0) is 25.9. The van der Waals surface area contributed by atoms with Gasteiger partial charge in [0.1, 0.15) is 28.8 Å². The summed E-state index contributed by atoms with van der Waals surface area (Å²) in [5.41, 5.74) is 1.84. The number of allylic oxidation sites excluding steroid dienone is 4. The lowest BCUT2D eigenvalue weighted by molar-refractivity contribution is -0.121. The van der Waals surface area contributed by atoms with Gasteiger partial charge < -0.3 is 18.9 Å². The van der Waals surface area contributed by atoms with Crippen LogP contribution in [-0.2, 0) is 9.59 Å². The van der Waals surface area contributed by atoms with Crippen molar-refractivity contribution in [2.75, 3.05) is 14.2 Å².